The molecule has 0 bridgehead atoms. The van der Waals surface area contributed by atoms with E-state index in [1.54, 1.807) is 0 Å². The molecule has 4 heteroatoms. The molecule has 362 valence electrons. The Morgan fingerprint density at radius 3 is 1.55 bits per heavy atom. The second-order valence-electron chi connectivity index (χ2n) is 23.2. The molecule has 11 rings (SSSR count). The van der Waals surface area contributed by atoms with Gasteiger partial charge in [-0.1, -0.05) is 226 Å². The molecular weight excluding hydrogens is 885 g/mol. The number of hydrogen-bond acceptors (Lipinski definition) is 3. The molecule has 2 aromatic heterocycles. The smallest absolute Gasteiger partial charge is 0.164 e. The number of benzene rings is 7. The van der Waals surface area contributed by atoms with Crippen molar-refractivity contribution in [3.63, 3.8) is 0 Å². The molecule has 1 atom stereocenters. The van der Waals surface area contributed by atoms with Crippen LogP contribution in [0.25, 0.3) is 83.9 Å². The van der Waals surface area contributed by atoms with Crippen molar-refractivity contribution < 1.29 is 0 Å². The summed E-state index contributed by atoms with van der Waals surface area (Å²) in [7, 11) is 0. The molecule has 0 fully saturated rings. The van der Waals surface area contributed by atoms with Crippen LogP contribution in [0.3, 0.4) is 0 Å². The van der Waals surface area contributed by atoms with Crippen molar-refractivity contribution in [2.45, 2.75) is 104 Å². The molecule has 0 spiro atoms. The van der Waals surface area contributed by atoms with E-state index in [-0.39, 0.29) is 22.2 Å². The Bertz CT molecular complexity index is 3600. The fourth-order valence-corrected chi connectivity index (χ4v) is 10.7. The summed E-state index contributed by atoms with van der Waals surface area (Å²) < 4.78 is 2.65. The van der Waals surface area contributed by atoms with Crippen LogP contribution in [0.4, 0.5) is 0 Å². The van der Waals surface area contributed by atoms with Gasteiger partial charge in [0.15, 0.2) is 17.5 Å². The molecule has 7 aromatic carbocycles. The summed E-state index contributed by atoms with van der Waals surface area (Å²) in [6.07, 6.45) is 17.1. The maximum atomic E-state index is 5.38. The van der Waals surface area contributed by atoms with Crippen molar-refractivity contribution in [3.8, 4) is 51.0 Å². The Hall–Kier alpha value is -7.69. The summed E-state index contributed by atoms with van der Waals surface area (Å²) >= 11 is 0. The van der Waals surface area contributed by atoms with Gasteiger partial charge in [0.1, 0.15) is 0 Å². The number of nitrogens with zero attached hydrogens (tertiary/aromatic N) is 4. The number of rotatable bonds is 8. The average Bonchev–Trinajstić information content (AvgIpc) is 3.73. The van der Waals surface area contributed by atoms with Crippen molar-refractivity contribution in [2.24, 2.45) is 0 Å². The lowest BCUT2D eigenvalue weighted by Gasteiger charge is -2.29. The largest absolute Gasteiger partial charge is 0.308 e. The van der Waals surface area contributed by atoms with E-state index < -0.39 is 0 Å². The Morgan fingerprint density at radius 2 is 1.00 bits per heavy atom. The van der Waals surface area contributed by atoms with Crippen LogP contribution in [0.5, 0.6) is 0 Å². The summed E-state index contributed by atoms with van der Waals surface area (Å²) in [5, 5.41) is 2.56. The van der Waals surface area contributed by atoms with Gasteiger partial charge in [0.25, 0.3) is 0 Å². The van der Waals surface area contributed by atoms with Gasteiger partial charge in [0, 0.05) is 38.9 Å². The zero-order valence-electron chi connectivity index (χ0n) is 44.0. The predicted octanol–water partition coefficient (Wildman–Crippen LogP) is 18.4. The fraction of sp³-hybridized carbons (Fsp3) is 0.232. The first kappa shape index (κ1) is 47.6. The van der Waals surface area contributed by atoms with Crippen LogP contribution >= 0.6 is 0 Å². The van der Waals surface area contributed by atoms with E-state index in [2.05, 4.69) is 225 Å². The van der Waals surface area contributed by atoms with Gasteiger partial charge >= 0.3 is 0 Å². The van der Waals surface area contributed by atoms with Crippen LogP contribution in [-0.2, 0) is 16.2 Å². The SMILES string of the molecule is CC(C)(C)c1ccc2c(c1)c1cc(C(C)(C)C)cc(C(C)(C)C)c1n2-c1c(-c2ccc(C3=CCCC=C3)cc2)cc(-c2nc(-c3ccccc3)nc(-c3ccccc3)n2)cc1C1C=CC(c2ccccc2)=CC1. The van der Waals surface area contributed by atoms with E-state index in [1.165, 1.54) is 72.0 Å². The highest BCUT2D eigenvalue weighted by atomic mass is 15.0. The molecule has 0 amide bonds. The third-order valence-electron chi connectivity index (χ3n) is 14.9. The van der Waals surface area contributed by atoms with Gasteiger partial charge in [-0.05, 0) is 116 Å². The normalized spacial score (nSPS) is 15.2. The topological polar surface area (TPSA) is 43.6 Å². The summed E-state index contributed by atoms with van der Waals surface area (Å²) in [6, 6.07) is 57.7. The number of fused-ring (bicyclic) bond motifs is 3. The molecule has 2 aliphatic carbocycles. The fourth-order valence-electron chi connectivity index (χ4n) is 10.7. The highest BCUT2D eigenvalue weighted by molar-refractivity contribution is 6.12. The zero-order chi connectivity index (χ0) is 50.6. The molecule has 0 radical (unpaired) electrons. The maximum absolute atomic E-state index is 5.38. The van der Waals surface area contributed by atoms with E-state index in [1.807, 2.05) is 36.4 Å². The highest BCUT2D eigenvalue weighted by Crippen LogP contribution is 2.48. The van der Waals surface area contributed by atoms with Crippen LogP contribution in [0, 0.1) is 0 Å². The van der Waals surface area contributed by atoms with Crippen LogP contribution in [0.2, 0.25) is 0 Å². The molecule has 9 aromatic rings. The first-order valence-electron chi connectivity index (χ1n) is 26.2. The Labute approximate surface area is 432 Å². The van der Waals surface area contributed by atoms with Crippen LogP contribution < -0.4 is 0 Å². The zero-order valence-corrected chi connectivity index (χ0v) is 44.0. The van der Waals surface area contributed by atoms with E-state index in [4.69, 9.17) is 15.0 Å². The van der Waals surface area contributed by atoms with Gasteiger partial charge in [-0.2, -0.15) is 0 Å². The van der Waals surface area contributed by atoms with Crippen molar-refractivity contribution in [1.29, 1.82) is 0 Å². The van der Waals surface area contributed by atoms with Gasteiger partial charge in [0.2, 0.25) is 0 Å². The second kappa shape index (κ2) is 18.7. The number of allylic oxidation sites excluding steroid dienone is 8. The predicted molar refractivity (Wildman–Crippen MR) is 309 cm³/mol. The molecule has 0 saturated carbocycles. The molecule has 0 saturated heterocycles. The minimum Gasteiger partial charge on any atom is -0.308 e. The van der Waals surface area contributed by atoms with Gasteiger partial charge < -0.3 is 4.57 Å². The molecule has 2 aliphatic rings. The molecule has 73 heavy (non-hydrogen) atoms. The number of hydrogen-bond donors (Lipinski definition) is 0. The van der Waals surface area contributed by atoms with Crippen LogP contribution in [0.1, 0.15) is 121 Å². The summed E-state index contributed by atoms with van der Waals surface area (Å²) in [5.74, 6) is 1.95. The van der Waals surface area contributed by atoms with Crippen molar-refractivity contribution in [1.82, 2.24) is 19.5 Å². The lowest BCUT2D eigenvalue weighted by atomic mass is 9.79. The first-order chi connectivity index (χ1) is 35.1. The van der Waals surface area contributed by atoms with Crippen LogP contribution in [0.15, 0.2) is 194 Å². The second-order valence-corrected chi connectivity index (χ2v) is 23.2. The quantitative estimate of drug-likeness (QED) is 0.152. The lowest BCUT2D eigenvalue weighted by Crippen LogP contribution is -2.18. The first-order valence-corrected chi connectivity index (χ1v) is 26.2. The van der Waals surface area contributed by atoms with Gasteiger partial charge in [0.05, 0.1) is 16.7 Å². The minimum absolute atomic E-state index is 0.0234. The van der Waals surface area contributed by atoms with E-state index >= 15 is 0 Å². The minimum atomic E-state index is -0.188. The van der Waals surface area contributed by atoms with Gasteiger partial charge in [-0.15, -0.1) is 0 Å². The summed E-state index contributed by atoms with van der Waals surface area (Å²) in [6.45, 7) is 21.2. The van der Waals surface area contributed by atoms with E-state index in [9.17, 15) is 0 Å². The third kappa shape index (κ3) is 9.36. The molecular formula is C69H66N4. The summed E-state index contributed by atoms with van der Waals surface area (Å²) in [4.78, 5) is 15.9. The van der Waals surface area contributed by atoms with Crippen molar-refractivity contribution in [2.75, 3.05) is 0 Å². The lowest BCUT2D eigenvalue weighted by molar-refractivity contribution is 0.572. The molecule has 2 heterocycles. The standard InChI is InChI=1S/C69H66N4/c1-67(2,3)54-38-39-61-58(42-54)59-43-55(68(4,5)6)44-60(69(7,8)9)63(59)73(61)62-56(49-34-30-47(31-35-49)45-22-14-10-15-23-45)40-53(41-57(62)50-36-32-48(33-37-50)46-24-16-11-17-25-46)66-71-64(51-26-18-12-19-27-51)70-65(72-66)52-28-20-13-21-29-52/h10,12-16,18-34,36-44,49H,11,17,35H2,1-9H3. The summed E-state index contributed by atoms with van der Waals surface area (Å²) in [5.41, 5.74) is 18.6. The van der Waals surface area contributed by atoms with E-state index in [0.29, 0.717) is 17.5 Å². The number of aromatic nitrogens is 4. The molecule has 0 N–H and O–H groups in total. The van der Waals surface area contributed by atoms with Crippen molar-refractivity contribution in [3.05, 3.63) is 228 Å². The Morgan fingerprint density at radius 1 is 0.452 bits per heavy atom. The monoisotopic (exact) mass is 951 g/mol. The Kier molecular flexibility index (Phi) is 12.2. The van der Waals surface area contributed by atoms with Gasteiger partial charge in [-0.25, -0.2) is 15.0 Å². The highest BCUT2D eigenvalue weighted by Gasteiger charge is 2.31. The van der Waals surface area contributed by atoms with Crippen molar-refractivity contribution >= 4 is 33.0 Å². The van der Waals surface area contributed by atoms with E-state index in [0.717, 1.165) is 47.1 Å². The molecule has 4 nitrogen and oxygen atoms in total. The molecule has 1 unspecified atom stereocenters. The van der Waals surface area contributed by atoms with Crippen LogP contribution in [-0.4, -0.2) is 19.5 Å². The maximum Gasteiger partial charge on any atom is 0.164 e. The van der Waals surface area contributed by atoms with Gasteiger partial charge in [-0.3, -0.25) is 0 Å². The molecule has 0 aliphatic heterocycles. The Balaban J connectivity index is 1.28. The third-order valence-corrected chi connectivity index (χ3v) is 14.9. The average molecular weight is 951 g/mol.